The molecule has 0 unspecified atom stereocenters. The molecule has 0 atom stereocenters. The van der Waals surface area contributed by atoms with Crippen LogP contribution in [-0.2, 0) is 19.3 Å². The van der Waals surface area contributed by atoms with E-state index < -0.39 is 0 Å². The normalized spacial score (nSPS) is 14.5. The van der Waals surface area contributed by atoms with Crippen LogP contribution in [-0.4, -0.2) is 20.7 Å². The first-order chi connectivity index (χ1) is 8.27. The highest BCUT2D eigenvalue weighted by atomic mass is 35.5. The summed E-state index contributed by atoms with van der Waals surface area (Å²) in [6, 6.07) is 2.29. The zero-order valence-corrected chi connectivity index (χ0v) is 11.4. The number of aryl methyl sites for hydroxylation is 1. The molecule has 17 heavy (non-hydrogen) atoms. The number of hydrogen-bond donors (Lipinski definition) is 1. The Kier molecular flexibility index (Phi) is 4.30. The summed E-state index contributed by atoms with van der Waals surface area (Å²) in [5.74, 6) is 0.877. The molecule has 94 valence electrons. The summed E-state index contributed by atoms with van der Waals surface area (Å²) in [5, 5.41) is 4.01. The molecule has 0 saturated carbocycles. The third kappa shape index (κ3) is 2.58. The van der Waals surface area contributed by atoms with Gasteiger partial charge in [-0.05, 0) is 62.4 Å². The maximum absolute atomic E-state index is 6.47. The van der Waals surface area contributed by atoms with Gasteiger partial charge in [-0.1, -0.05) is 17.7 Å². The maximum atomic E-state index is 6.47. The van der Waals surface area contributed by atoms with Gasteiger partial charge in [0.25, 0.3) is 0 Å². The molecule has 0 spiro atoms. The number of halogens is 1. The molecule has 1 N–H and O–H groups in total. The third-order valence-corrected chi connectivity index (χ3v) is 3.86. The monoisotopic (exact) mass is 253 g/mol. The lowest BCUT2D eigenvalue weighted by Gasteiger charge is -2.21. The van der Waals surface area contributed by atoms with E-state index in [0.29, 0.717) is 0 Å². The maximum Gasteiger partial charge on any atom is 0.140 e. The molecule has 1 aliphatic carbocycles. The van der Waals surface area contributed by atoms with Gasteiger partial charge in [0.2, 0.25) is 0 Å². The first kappa shape index (κ1) is 12.7. The molecular weight excluding hydrogens is 234 g/mol. The van der Waals surface area contributed by atoms with Crippen LogP contribution in [0.15, 0.2) is 6.07 Å². The zero-order chi connectivity index (χ0) is 12.3. The first-order valence-electron chi connectivity index (χ1n) is 6.29. The molecule has 1 aromatic rings. The van der Waals surface area contributed by atoms with Crippen molar-refractivity contribution in [2.75, 3.05) is 20.7 Å². The summed E-state index contributed by atoms with van der Waals surface area (Å²) in [7, 11) is 3.67. The molecule has 3 heteroatoms. The number of rotatable bonds is 4. The molecule has 1 aliphatic rings. The van der Waals surface area contributed by atoms with Crippen LogP contribution in [0.3, 0.4) is 0 Å². The number of hydrogen-bond acceptors (Lipinski definition) is 2. The number of methoxy groups -OCH3 is 1. The topological polar surface area (TPSA) is 21.3 Å². The fourth-order valence-corrected chi connectivity index (χ4v) is 2.97. The van der Waals surface area contributed by atoms with E-state index in [1.165, 1.54) is 29.5 Å². The quantitative estimate of drug-likeness (QED) is 0.891. The van der Waals surface area contributed by atoms with Crippen LogP contribution >= 0.6 is 11.6 Å². The van der Waals surface area contributed by atoms with Crippen molar-refractivity contribution >= 4 is 11.6 Å². The average Bonchev–Trinajstić information content (AvgIpc) is 2.36. The van der Waals surface area contributed by atoms with Gasteiger partial charge in [-0.25, -0.2) is 0 Å². The van der Waals surface area contributed by atoms with Gasteiger partial charge >= 0.3 is 0 Å². The molecule has 1 aromatic carbocycles. The van der Waals surface area contributed by atoms with Gasteiger partial charge in [0.1, 0.15) is 5.75 Å². The highest BCUT2D eigenvalue weighted by Gasteiger charge is 2.19. The lowest BCUT2D eigenvalue weighted by Crippen LogP contribution is -2.13. The second kappa shape index (κ2) is 5.74. The second-order valence-corrected chi connectivity index (χ2v) is 4.96. The molecule has 0 radical (unpaired) electrons. The van der Waals surface area contributed by atoms with Crippen molar-refractivity contribution in [1.29, 1.82) is 0 Å². The van der Waals surface area contributed by atoms with Gasteiger partial charge in [-0.3, -0.25) is 0 Å². The highest BCUT2D eigenvalue weighted by molar-refractivity contribution is 6.33. The van der Waals surface area contributed by atoms with Crippen molar-refractivity contribution in [2.24, 2.45) is 0 Å². The summed E-state index contributed by atoms with van der Waals surface area (Å²) in [5.41, 5.74) is 3.96. The number of fused-ring (bicyclic) bond motifs is 1. The van der Waals surface area contributed by atoms with Crippen LogP contribution in [0.2, 0.25) is 5.02 Å². The second-order valence-electron chi connectivity index (χ2n) is 4.58. The van der Waals surface area contributed by atoms with Gasteiger partial charge in [-0.15, -0.1) is 0 Å². The molecule has 0 heterocycles. The van der Waals surface area contributed by atoms with Crippen molar-refractivity contribution in [1.82, 2.24) is 5.32 Å². The minimum absolute atomic E-state index is 0.843. The fourth-order valence-electron chi connectivity index (χ4n) is 2.56. The Hall–Kier alpha value is -0.730. The summed E-state index contributed by atoms with van der Waals surface area (Å²) >= 11 is 6.47. The first-order valence-corrected chi connectivity index (χ1v) is 6.67. The lowest BCUT2D eigenvalue weighted by atomic mass is 9.89. The van der Waals surface area contributed by atoms with Gasteiger partial charge in [0, 0.05) is 0 Å². The Bertz CT molecular complexity index is 404. The van der Waals surface area contributed by atoms with Gasteiger partial charge in [0.15, 0.2) is 0 Å². The lowest BCUT2D eigenvalue weighted by molar-refractivity contribution is 0.408. The van der Waals surface area contributed by atoms with E-state index in [4.69, 9.17) is 16.3 Å². The molecule has 2 rings (SSSR count). The van der Waals surface area contributed by atoms with Crippen LogP contribution < -0.4 is 10.1 Å². The van der Waals surface area contributed by atoms with Crippen LogP contribution in [0.4, 0.5) is 0 Å². The number of nitrogens with one attached hydrogen (secondary N) is 1. The molecule has 0 aromatic heterocycles. The average molecular weight is 254 g/mol. The van der Waals surface area contributed by atoms with Crippen molar-refractivity contribution in [3.8, 4) is 5.75 Å². The van der Waals surface area contributed by atoms with Crippen molar-refractivity contribution in [3.63, 3.8) is 0 Å². The van der Waals surface area contributed by atoms with E-state index in [1.807, 2.05) is 7.05 Å². The SMILES string of the molecule is CNCCc1cc2c(c(Cl)c1OC)CCCC2. The summed E-state index contributed by atoms with van der Waals surface area (Å²) in [6.45, 7) is 0.950. The molecule has 0 saturated heterocycles. The smallest absolute Gasteiger partial charge is 0.140 e. The van der Waals surface area contributed by atoms with E-state index in [9.17, 15) is 0 Å². The standard InChI is InChI=1S/C14H20ClNO/c1-16-8-7-11-9-10-5-3-4-6-12(10)13(15)14(11)17-2/h9,16H,3-8H2,1-2H3. The van der Waals surface area contributed by atoms with Gasteiger partial charge in [0.05, 0.1) is 12.1 Å². The molecule has 0 fully saturated rings. The van der Waals surface area contributed by atoms with E-state index >= 15 is 0 Å². The summed E-state index contributed by atoms with van der Waals surface area (Å²) in [6.07, 6.45) is 5.74. The van der Waals surface area contributed by atoms with E-state index in [0.717, 1.165) is 36.6 Å². The van der Waals surface area contributed by atoms with Gasteiger partial charge in [-0.2, -0.15) is 0 Å². The Labute approximate surface area is 108 Å². The third-order valence-electron chi connectivity index (χ3n) is 3.46. The molecular formula is C14H20ClNO. The van der Waals surface area contributed by atoms with Crippen molar-refractivity contribution < 1.29 is 4.74 Å². The van der Waals surface area contributed by atoms with Crippen LogP contribution in [0, 0.1) is 0 Å². The minimum Gasteiger partial charge on any atom is -0.495 e. The Morgan fingerprint density at radius 3 is 2.82 bits per heavy atom. The van der Waals surface area contributed by atoms with E-state index in [2.05, 4.69) is 11.4 Å². The Morgan fingerprint density at radius 2 is 2.12 bits per heavy atom. The predicted molar refractivity (Wildman–Crippen MR) is 72.3 cm³/mol. The molecule has 0 aliphatic heterocycles. The zero-order valence-electron chi connectivity index (χ0n) is 10.6. The van der Waals surface area contributed by atoms with Gasteiger partial charge < -0.3 is 10.1 Å². The summed E-state index contributed by atoms with van der Waals surface area (Å²) in [4.78, 5) is 0. The Balaban J connectivity index is 2.40. The highest BCUT2D eigenvalue weighted by Crippen LogP contribution is 2.38. The minimum atomic E-state index is 0.843. The molecule has 0 bridgehead atoms. The van der Waals surface area contributed by atoms with E-state index in [-0.39, 0.29) is 0 Å². The fraction of sp³-hybridized carbons (Fsp3) is 0.571. The largest absolute Gasteiger partial charge is 0.495 e. The van der Waals surface area contributed by atoms with Crippen LogP contribution in [0.5, 0.6) is 5.75 Å². The van der Waals surface area contributed by atoms with Crippen molar-refractivity contribution in [2.45, 2.75) is 32.1 Å². The Morgan fingerprint density at radius 1 is 1.35 bits per heavy atom. The number of likely N-dealkylation sites (N-methyl/N-ethyl adjacent to an activating group) is 1. The van der Waals surface area contributed by atoms with Crippen LogP contribution in [0.1, 0.15) is 29.5 Å². The number of benzene rings is 1. The molecule has 0 amide bonds. The van der Waals surface area contributed by atoms with E-state index in [1.54, 1.807) is 7.11 Å². The summed E-state index contributed by atoms with van der Waals surface area (Å²) < 4.78 is 5.48. The van der Waals surface area contributed by atoms with Crippen LogP contribution in [0.25, 0.3) is 0 Å². The number of ether oxygens (including phenoxy) is 1. The predicted octanol–water partition coefficient (Wildman–Crippen LogP) is 2.99. The molecule has 2 nitrogen and oxygen atoms in total. The van der Waals surface area contributed by atoms with Crippen molar-refractivity contribution in [3.05, 3.63) is 27.8 Å².